The summed E-state index contributed by atoms with van der Waals surface area (Å²) in [4.78, 5) is 14.7. The fraction of sp³-hybridized carbons (Fsp3) is 0.296. The first-order chi connectivity index (χ1) is 16.1. The largest absolute Gasteiger partial charge is 0.348 e. The molecule has 0 bridgehead atoms. The summed E-state index contributed by atoms with van der Waals surface area (Å²) < 4.78 is 29.5. The molecule has 2 N–H and O–H groups in total. The van der Waals surface area contributed by atoms with Gasteiger partial charge in [-0.25, -0.2) is 8.42 Å². The monoisotopic (exact) mass is 496 g/mol. The number of rotatable bonds is 9. The van der Waals surface area contributed by atoms with Crippen LogP contribution in [0.15, 0.2) is 76.5 Å². The van der Waals surface area contributed by atoms with Gasteiger partial charge in [0.25, 0.3) is 0 Å². The number of hydrogen-bond acceptors (Lipinski definition) is 4. The van der Waals surface area contributed by atoms with Crippen molar-refractivity contribution in [2.45, 2.75) is 56.0 Å². The van der Waals surface area contributed by atoms with E-state index < -0.39 is 16.1 Å². The molecule has 0 saturated heterocycles. The maximum absolute atomic E-state index is 13.4. The Morgan fingerprint density at radius 1 is 0.941 bits per heavy atom. The van der Waals surface area contributed by atoms with Crippen molar-refractivity contribution in [3.05, 3.63) is 94.5 Å². The zero-order chi connectivity index (χ0) is 24.9. The molecular weight excluding hydrogens is 464 g/mol. The zero-order valence-corrected chi connectivity index (χ0v) is 21.9. The Hall–Kier alpha value is -2.61. The number of hydrogen-bond donors (Lipinski definition) is 2. The van der Waals surface area contributed by atoms with Gasteiger partial charge in [-0.05, 0) is 74.8 Å². The van der Waals surface area contributed by atoms with Crippen molar-refractivity contribution >= 4 is 27.7 Å². The number of amides is 1. The van der Waals surface area contributed by atoms with Gasteiger partial charge in [-0.15, -0.1) is 11.8 Å². The third kappa shape index (κ3) is 6.50. The molecule has 34 heavy (non-hydrogen) atoms. The third-order valence-electron chi connectivity index (χ3n) is 5.74. The van der Waals surface area contributed by atoms with E-state index >= 15 is 0 Å². The van der Waals surface area contributed by atoms with Crippen LogP contribution in [0.25, 0.3) is 0 Å². The molecule has 0 aliphatic heterocycles. The van der Waals surface area contributed by atoms with Crippen LogP contribution in [0.3, 0.4) is 0 Å². The lowest BCUT2D eigenvalue weighted by molar-refractivity contribution is -0.123. The van der Waals surface area contributed by atoms with Crippen molar-refractivity contribution in [1.29, 1.82) is 0 Å². The van der Waals surface area contributed by atoms with E-state index in [9.17, 15) is 13.2 Å². The van der Waals surface area contributed by atoms with E-state index in [1.54, 1.807) is 25.6 Å². The van der Waals surface area contributed by atoms with Crippen molar-refractivity contribution in [2.24, 2.45) is 0 Å². The Kier molecular flexibility index (Phi) is 8.57. The van der Waals surface area contributed by atoms with Crippen molar-refractivity contribution in [2.75, 3.05) is 6.26 Å². The van der Waals surface area contributed by atoms with E-state index in [-0.39, 0.29) is 23.3 Å². The molecule has 5 nitrogen and oxygen atoms in total. The van der Waals surface area contributed by atoms with Crippen molar-refractivity contribution in [3.63, 3.8) is 0 Å². The smallest absolute Gasteiger partial charge is 0.241 e. The molecule has 3 rings (SSSR count). The second-order valence-electron chi connectivity index (χ2n) is 8.59. The van der Waals surface area contributed by atoms with E-state index in [0.717, 1.165) is 21.6 Å². The maximum Gasteiger partial charge on any atom is 0.241 e. The summed E-state index contributed by atoms with van der Waals surface area (Å²) in [5, 5.41) is 2.99. The van der Waals surface area contributed by atoms with Crippen LogP contribution in [0, 0.1) is 20.8 Å². The quantitative estimate of drug-likeness (QED) is 0.404. The van der Waals surface area contributed by atoms with Gasteiger partial charge in [-0.3, -0.25) is 4.79 Å². The molecule has 0 heterocycles. The van der Waals surface area contributed by atoms with Gasteiger partial charge in [0.15, 0.2) is 0 Å². The van der Waals surface area contributed by atoms with Gasteiger partial charge in [0, 0.05) is 4.90 Å². The van der Waals surface area contributed by atoms with Gasteiger partial charge in [0.05, 0.1) is 10.9 Å². The van der Waals surface area contributed by atoms with Crippen LogP contribution in [-0.2, 0) is 21.2 Å². The first kappa shape index (κ1) is 26.0. The third-order valence-corrected chi connectivity index (χ3v) is 8.26. The minimum atomic E-state index is -3.93. The number of carbonyl (C=O) groups excluding carboxylic acids is 1. The molecule has 0 radical (unpaired) electrons. The second-order valence-corrected chi connectivity index (χ2v) is 11.1. The Morgan fingerprint density at radius 3 is 2.09 bits per heavy atom. The Morgan fingerprint density at radius 2 is 1.53 bits per heavy atom. The highest BCUT2D eigenvalue weighted by atomic mass is 32.2. The number of benzene rings is 3. The SMILES string of the molecule is CSc1ccc(C(C)NC(=O)C(Cc2ccccc2)NS(=O)(=O)c2c(C)cc(C)cc2C)cc1. The van der Waals surface area contributed by atoms with Gasteiger partial charge in [0.1, 0.15) is 6.04 Å². The van der Waals surface area contributed by atoms with Crippen LogP contribution in [0.2, 0.25) is 0 Å². The molecule has 0 spiro atoms. The Balaban J connectivity index is 1.88. The summed E-state index contributed by atoms with van der Waals surface area (Å²) in [6.45, 7) is 7.39. The predicted molar refractivity (Wildman–Crippen MR) is 140 cm³/mol. The summed E-state index contributed by atoms with van der Waals surface area (Å²) in [5.74, 6) is -0.365. The molecule has 1 amide bonds. The zero-order valence-electron chi connectivity index (χ0n) is 20.3. The summed E-state index contributed by atoms with van der Waals surface area (Å²) in [7, 11) is -3.93. The van der Waals surface area contributed by atoms with Crippen LogP contribution in [0.5, 0.6) is 0 Å². The molecule has 0 aliphatic rings. The topological polar surface area (TPSA) is 75.3 Å². The predicted octanol–water partition coefficient (Wildman–Crippen LogP) is 5.10. The molecule has 180 valence electrons. The minimum Gasteiger partial charge on any atom is -0.348 e. The lowest BCUT2D eigenvalue weighted by Crippen LogP contribution is -2.48. The molecule has 0 aromatic heterocycles. The molecule has 0 aliphatic carbocycles. The fourth-order valence-corrected chi connectivity index (χ4v) is 6.22. The molecule has 2 atom stereocenters. The highest BCUT2D eigenvalue weighted by Gasteiger charge is 2.29. The van der Waals surface area contributed by atoms with Gasteiger partial charge in [-0.1, -0.05) is 60.2 Å². The van der Waals surface area contributed by atoms with Crippen LogP contribution >= 0.6 is 11.8 Å². The van der Waals surface area contributed by atoms with Crippen molar-refractivity contribution < 1.29 is 13.2 Å². The van der Waals surface area contributed by atoms with E-state index in [1.807, 2.05) is 86.8 Å². The number of carbonyl (C=O) groups is 1. The average Bonchev–Trinajstić information content (AvgIpc) is 2.78. The van der Waals surface area contributed by atoms with Crippen LogP contribution < -0.4 is 10.0 Å². The summed E-state index contributed by atoms with van der Waals surface area (Å²) in [6.07, 6.45) is 2.26. The normalized spacial score (nSPS) is 13.3. The molecule has 0 saturated carbocycles. The lowest BCUT2D eigenvalue weighted by atomic mass is 10.0. The minimum absolute atomic E-state index is 0.227. The van der Waals surface area contributed by atoms with Gasteiger partial charge in [-0.2, -0.15) is 4.72 Å². The van der Waals surface area contributed by atoms with E-state index in [1.165, 1.54) is 0 Å². The molecule has 0 fully saturated rings. The summed E-state index contributed by atoms with van der Waals surface area (Å²) in [6, 6.07) is 19.9. The van der Waals surface area contributed by atoms with Crippen molar-refractivity contribution in [3.8, 4) is 0 Å². The van der Waals surface area contributed by atoms with Gasteiger partial charge < -0.3 is 5.32 Å². The fourth-order valence-electron chi connectivity index (χ4n) is 4.16. The number of aryl methyl sites for hydroxylation is 3. The highest BCUT2D eigenvalue weighted by Crippen LogP contribution is 2.23. The van der Waals surface area contributed by atoms with Crippen LogP contribution in [-0.4, -0.2) is 26.6 Å². The van der Waals surface area contributed by atoms with Gasteiger partial charge in [0.2, 0.25) is 15.9 Å². The molecule has 3 aromatic rings. The molecular formula is C27H32N2O3S2. The maximum atomic E-state index is 13.4. The Labute approximate surface area is 207 Å². The second kappa shape index (κ2) is 11.2. The number of thioether (sulfide) groups is 1. The van der Waals surface area contributed by atoms with E-state index in [2.05, 4.69) is 10.0 Å². The first-order valence-electron chi connectivity index (χ1n) is 11.2. The van der Waals surface area contributed by atoms with E-state index in [0.29, 0.717) is 11.1 Å². The number of nitrogens with one attached hydrogen (secondary N) is 2. The molecule has 3 aromatic carbocycles. The van der Waals surface area contributed by atoms with Gasteiger partial charge >= 0.3 is 0 Å². The van der Waals surface area contributed by atoms with Crippen molar-refractivity contribution in [1.82, 2.24) is 10.0 Å². The molecule has 2 unspecified atom stereocenters. The van der Waals surface area contributed by atoms with E-state index in [4.69, 9.17) is 0 Å². The average molecular weight is 497 g/mol. The summed E-state index contributed by atoms with van der Waals surface area (Å²) >= 11 is 1.65. The standard InChI is InChI=1S/C27H32N2O3S2/c1-18-15-19(2)26(20(3)16-18)34(31,32)29-25(17-22-9-7-6-8-10-22)27(30)28-21(4)23-11-13-24(33-5)14-12-23/h6-16,21,25,29H,17H2,1-5H3,(H,28,30). The van der Waals surface area contributed by atoms with Crippen LogP contribution in [0.4, 0.5) is 0 Å². The highest BCUT2D eigenvalue weighted by molar-refractivity contribution is 7.98. The van der Waals surface area contributed by atoms with Crippen LogP contribution in [0.1, 0.15) is 40.8 Å². The summed E-state index contributed by atoms with van der Waals surface area (Å²) in [5.41, 5.74) is 4.14. The first-order valence-corrected chi connectivity index (χ1v) is 13.9. The Bertz CT molecular complexity index is 1220. The number of sulfonamides is 1. The lowest BCUT2D eigenvalue weighted by Gasteiger charge is -2.23. The molecule has 7 heteroatoms.